The number of rotatable bonds is 5. The first kappa shape index (κ1) is 20.0. The molecule has 0 bridgehead atoms. The lowest BCUT2D eigenvalue weighted by Gasteiger charge is -2.12. The normalized spacial score (nSPS) is 12.3. The first-order valence-corrected chi connectivity index (χ1v) is 10.2. The van der Waals surface area contributed by atoms with Gasteiger partial charge in [0, 0.05) is 24.4 Å². The Morgan fingerprint density at radius 3 is 2.66 bits per heavy atom. The summed E-state index contributed by atoms with van der Waals surface area (Å²) in [5.41, 5.74) is 5.50. The van der Waals surface area contributed by atoms with E-state index >= 15 is 0 Å². The second-order valence-corrected chi connectivity index (χ2v) is 7.73. The van der Waals surface area contributed by atoms with Crippen molar-refractivity contribution in [1.82, 2.24) is 19.9 Å². The minimum Gasteiger partial charge on any atom is -0.454 e. The van der Waals surface area contributed by atoms with Crippen molar-refractivity contribution in [3.05, 3.63) is 88.1 Å². The van der Waals surface area contributed by atoms with Gasteiger partial charge in [-0.3, -0.25) is 4.79 Å². The SMILES string of the molecule is Cc1nc2c(C(=O)NCc3ccc4c(c3)OCO4)cnn2c(C)c1Cc1ccc(F)cc1. The zero-order chi connectivity index (χ0) is 22.2. The van der Waals surface area contributed by atoms with Crippen LogP contribution in [0.15, 0.2) is 48.7 Å². The van der Waals surface area contributed by atoms with Gasteiger partial charge in [-0.1, -0.05) is 18.2 Å². The van der Waals surface area contributed by atoms with Gasteiger partial charge in [0.15, 0.2) is 17.1 Å². The fraction of sp³-hybridized carbons (Fsp3) is 0.208. The first-order chi connectivity index (χ1) is 15.5. The molecule has 1 aliphatic heterocycles. The van der Waals surface area contributed by atoms with Crippen LogP contribution in [0.25, 0.3) is 5.65 Å². The first-order valence-electron chi connectivity index (χ1n) is 10.2. The van der Waals surface area contributed by atoms with Gasteiger partial charge in [-0.15, -0.1) is 0 Å². The highest BCUT2D eigenvalue weighted by Crippen LogP contribution is 2.32. The zero-order valence-electron chi connectivity index (χ0n) is 17.7. The largest absolute Gasteiger partial charge is 0.454 e. The molecule has 0 aliphatic carbocycles. The number of carbonyl (C=O) groups excluding carboxylic acids is 1. The molecule has 5 rings (SSSR count). The molecule has 0 atom stereocenters. The van der Waals surface area contributed by atoms with Crippen molar-refractivity contribution >= 4 is 11.6 Å². The zero-order valence-corrected chi connectivity index (χ0v) is 17.7. The highest BCUT2D eigenvalue weighted by atomic mass is 19.1. The van der Waals surface area contributed by atoms with E-state index in [1.54, 1.807) is 16.6 Å². The number of ether oxygens (including phenoxy) is 2. The van der Waals surface area contributed by atoms with E-state index in [1.807, 2.05) is 32.0 Å². The lowest BCUT2D eigenvalue weighted by atomic mass is 10.0. The molecule has 2 aromatic heterocycles. The van der Waals surface area contributed by atoms with Crippen molar-refractivity contribution in [2.75, 3.05) is 6.79 Å². The van der Waals surface area contributed by atoms with Crippen LogP contribution in [0.5, 0.6) is 11.5 Å². The van der Waals surface area contributed by atoms with Crippen LogP contribution in [-0.2, 0) is 13.0 Å². The number of benzene rings is 2. The van der Waals surface area contributed by atoms with Crippen LogP contribution in [0.4, 0.5) is 4.39 Å². The van der Waals surface area contributed by atoms with Gasteiger partial charge in [0.2, 0.25) is 6.79 Å². The number of nitrogens with one attached hydrogen (secondary N) is 1. The van der Waals surface area contributed by atoms with Crippen LogP contribution in [0.3, 0.4) is 0 Å². The molecule has 7 nitrogen and oxygen atoms in total. The molecule has 2 aromatic carbocycles. The van der Waals surface area contributed by atoms with Crippen molar-refractivity contribution in [1.29, 1.82) is 0 Å². The van der Waals surface area contributed by atoms with Gasteiger partial charge in [0.25, 0.3) is 5.91 Å². The van der Waals surface area contributed by atoms with Crippen molar-refractivity contribution in [2.45, 2.75) is 26.8 Å². The number of carbonyl (C=O) groups is 1. The van der Waals surface area contributed by atoms with Crippen molar-refractivity contribution in [2.24, 2.45) is 0 Å². The average molecular weight is 432 g/mol. The maximum Gasteiger partial charge on any atom is 0.257 e. The molecular formula is C24H21FN4O3. The molecule has 32 heavy (non-hydrogen) atoms. The monoisotopic (exact) mass is 432 g/mol. The van der Waals surface area contributed by atoms with Gasteiger partial charge in [0.05, 0.1) is 6.20 Å². The Hall–Kier alpha value is -3.94. The number of halogens is 1. The van der Waals surface area contributed by atoms with E-state index in [1.165, 1.54) is 18.3 Å². The number of amides is 1. The second-order valence-electron chi connectivity index (χ2n) is 7.73. The van der Waals surface area contributed by atoms with Crippen LogP contribution in [0.2, 0.25) is 0 Å². The van der Waals surface area contributed by atoms with Crippen LogP contribution in [-0.4, -0.2) is 27.3 Å². The Morgan fingerprint density at radius 1 is 1.09 bits per heavy atom. The molecule has 1 amide bonds. The summed E-state index contributed by atoms with van der Waals surface area (Å²) in [6, 6.07) is 12.0. The molecule has 0 spiro atoms. The molecule has 1 N–H and O–H groups in total. The van der Waals surface area contributed by atoms with Gasteiger partial charge in [-0.25, -0.2) is 13.9 Å². The minimum absolute atomic E-state index is 0.209. The fourth-order valence-electron chi connectivity index (χ4n) is 3.86. The number of hydrogen-bond donors (Lipinski definition) is 1. The molecule has 3 heterocycles. The predicted molar refractivity (Wildman–Crippen MR) is 115 cm³/mol. The molecule has 0 saturated heterocycles. The Kier molecular flexibility index (Phi) is 4.97. The highest BCUT2D eigenvalue weighted by Gasteiger charge is 2.19. The third-order valence-electron chi connectivity index (χ3n) is 5.64. The van der Waals surface area contributed by atoms with Crippen LogP contribution >= 0.6 is 0 Å². The van der Waals surface area contributed by atoms with Gasteiger partial charge in [0.1, 0.15) is 11.4 Å². The summed E-state index contributed by atoms with van der Waals surface area (Å²) in [4.78, 5) is 17.5. The number of aromatic nitrogens is 3. The molecule has 8 heteroatoms. The maximum atomic E-state index is 13.2. The summed E-state index contributed by atoms with van der Waals surface area (Å²) in [6.45, 7) is 4.41. The summed E-state index contributed by atoms with van der Waals surface area (Å²) in [5, 5.41) is 7.32. The predicted octanol–water partition coefficient (Wildman–Crippen LogP) is 3.73. The standard InChI is InChI=1S/C24H21FN4O3/c1-14-19(9-16-3-6-18(25)7-4-16)15(2)29-23(28-14)20(12-27-29)24(30)26-11-17-5-8-21-22(10-17)32-13-31-21/h3-8,10,12H,9,11,13H2,1-2H3,(H,26,30). The lowest BCUT2D eigenvalue weighted by molar-refractivity contribution is 0.0952. The summed E-state index contributed by atoms with van der Waals surface area (Å²) < 4.78 is 25.6. The van der Waals surface area contributed by atoms with Crippen LogP contribution < -0.4 is 14.8 Å². The van der Waals surface area contributed by atoms with Gasteiger partial charge in [-0.2, -0.15) is 5.10 Å². The Bertz CT molecular complexity index is 1330. The van der Waals surface area contributed by atoms with Gasteiger partial charge < -0.3 is 14.8 Å². The third-order valence-corrected chi connectivity index (χ3v) is 5.64. The van der Waals surface area contributed by atoms with Crippen molar-refractivity contribution in [3.8, 4) is 11.5 Å². The number of hydrogen-bond acceptors (Lipinski definition) is 5. The number of aryl methyl sites for hydroxylation is 2. The molecule has 0 unspecified atom stereocenters. The number of fused-ring (bicyclic) bond motifs is 2. The van der Waals surface area contributed by atoms with Crippen LogP contribution in [0.1, 0.15) is 38.4 Å². The van der Waals surface area contributed by atoms with Crippen LogP contribution in [0, 0.1) is 19.7 Å². The van der Waals surface area contributed by atoms with E-state index in [9.17, 15) is 9.18 Å². The molecule has 4 aromatic rings. The number of nitrogens with zero attached hydrogens (tertiary/aromatic N) is 3. The molecule has 0 fully saturated rings. The van der Waals surface area contributed by atoms with Crippen molar-refractivity contribution in [3.63, 3.8) is 0 Å². The lowest BCUT2D eigenvalue weighted by Crippen LogP contribution is -2.23. The molecule has 162 valence electrons. The molecule has 0 saturated carbocycles. The summed E-state index contributed by atoms with van der Waals surface area (Å²) in [6.07, 6.45) is 2.14. The topological polar surface area (TPSA) is 77.8 Å². The highest BCUT2D eigenvalue weighted by molar-refractivity contribution is 5.99. The quantitative estimate of drug-likeness (QED) is 0.520. The average Bonchev–Trinajstić information content (AvgIpc) is 3.43. The van der Waals surface area contributed by atoms with E-state index in [-0.39, 0.29) is 18.5 Å². The van der Waals surface area contributed by atoms with E-state index < -0.39 is 0 Å². The van der Waals surface area contributed by atoms with E-state index in [4.69, 9.17) is 9.47 Å². The summed E-state index contributed by atoms with van der Waals surface area (Å²) in [7, 11) is 0. The molecular weight excluding hydrogens is 411 g/mol. The Morgan fingerprint density at radius 2 is 1.84 bits per heavy atom. The molecule has 0 radical (unpaired) electrons. The van der Waals surface area contributed by atoms with Gasteiger partial charge in [-0.05, 0) is 54.8 Å². The fourth-order valence-corrected chi connectivity index (χ4v) is 3.86. The summed E-state index contributed by atoms with van der Waals surface area (Å²) >= 11 is 0. The Balaban J connectivity index is 1.37. The maximum absolute atomic E-state index is 13.2. The van der Waals surface area contributed by atoms with E-state index in [2.05, 4.69) is 15.4 Å². The third kappa shape index (κ3) is 3.64. The Labute approximate surface area is 183 Å². The second kappa shape index (κ2) is 7.96. The van der Waals surface area contributed by atoms with E-state index in [0.717, 1.165) is 28.1 Å². The van der Waals surface area contributed by atoms with Gasteiger partial charge >= 0.3 is 0 Å². The minimum atomic E-state index is -0.265. The smallest absolute Gasteiger partial charge is 0.257 e. The van der Waals surface area contributed by atoms with Crippen molar-refractivity contribution < 1.29 is 18.7 Å². The van der Waals surface area contributed by atoms with E-state index in [0.29, 0.717) is 35.7 Å². The molecule has 1 aliphatic rings. The summed E-state index contributed by atoms with van der Waals surface area (Å²) in [5.74, 6) is 0.859.